The summed E-state index contributed by atoms with van der Waals surface area (Å²) in [5.74, 6) is 0.665. The average Bonchev–Trinajstić information content (AvgIpc) is 1.78. The molecule has 1 rings (SSSR count). The molecule has 3 nitrogen and oxygen atoms in total. The summed E-state index contributed by atoms with van der Waals surface area (Å²) in [5.41, 5.74) is 5.50. The normalized spacial score (nSPS) is 28.6. The number of hydrogen-bond acceptors (Lipinski definition) is 3. The van der Waals surface area contributed by atoms with E-state index in [4.69, 9.17) is 5.73 Å². The van der Waals surface area contributed by atoms with Gasteiger partial charge in [0.1, 0.15) is 0 Å². The topological polar surface area (TPSA) is 58.6 Å². The fourth-order valence-corrected chi connectivity index (χ4v) is 1.18. The highest BCUT2D eigenvalue weighted by Gasteiger charge is 2.29. The first-order chi connectivity index (χ1) is 4.52. The molecule has 0 aliphatic carbocycles. The zero-order chi connectivity index (χ0) is 7.78. The zero-order valence-corrected chi connectivity index (χ0v) is 8.58. The van der Waals surface area contributed by atoms with E-state index in [1.165, 1.54) is 0 Å². The first-order valence-electron chi connectivity index (χ1n) is 3.51. The Balaban J connectivity index is 0.000001000. The molecule has 0 saturated carbocycles. The maximum absolute atomic E-state index is 9.20. The highest BCUT2D eigenvalue weighted by Crippen LogP contribution is 2.25. The molecule has 0 spiro atoms. The Morgan fingerprint density at radius 3 is 2.55 bits per heavy atom. The van der Waals surface area contributed by atoms with Crippen molar-refractivity contribution in [2.45, 2.75) is 26.4 Å². The van der Waals surface area contributed by atoms with Crippen LogP contribution in [-0.2, 0) is 0 Å². The molecule has 0 fully saturated rings. The van der Waals surface area contributed by atoms with Crippen molar-refractivity contribution in [3.8, 4) is 0 Å². The molecule has 0 aromatic heterocycles. The van der Waals surface area contributed by atoms with Crippen LogP contribution in [0.25, 0.3) is 0 Å². The third kappa shape index (κ3) is 2.45. The van der Waals surface area contributed by atoms with Crippen molar-refractivity contribution in [3.05, 3.63) is 0 Å². The van der Waals surface area contributed by atoms with Crippen LogP contribution >= 0.6 is 17.0 Å². The first-order valence-corrected chi connectivity index (χ1v) is 3.51. The lowest BCUT2D eigenvalue weighted by molar-refractivity contribution is 0.135. The molecule has 11 heavy (non-hydrogen) atoms. The third-order valence-corrected chi connectivity index (χ3v) is 1.91. The van der Waals surface area contributed by atoms with Gasteiger partial charge in [-0.2, -0.15) is 0 Å². The molecule has 4 heteroatoms. The van der Waals surface area contributed by atoms with Crippen molar-refractivity contribution in [1.82, 2.24) is 0 Å². The van der Waals surface area contributed by atoms with Crippen LogP contribution in [0.15, 0.2) is 4.99 Å². The van der Waals surface area contributed by atoms with Gasteiger partial charge in [0.2, 0.25) is 0 Å². The van der Waals surface area contributed by atoms with Crippen LogP contribution in [-0.4, -0.2) is 23.6 Å². The van der Waals surface area contributed by atoms with Crippen LogP contribution < -0.4 is 5.73 Å². The monoisotopic (exact) mass is 222 g/mol. The van der Waals surface area contributed by atoms with E-state index in [0.717, 1.165) is 6.42 Å². The van der Waals surface area contributed by atoms with Gasteiger partial charge in [-0.1, -0.05) is 13.8 Å². The number of nitrogens with two attached hydrogens (primary N) is 1. The second kappa shape index (κ2) is 3.54. The minimum atomic E-state index is -0.303. The molecule has 1 heterocycles. The van der Waals surface area contributed by atoms with E-state index in [1.54, 1.807) is 0 Å². The number of hydrogen-bond donors (Lipinski definition) is 2. The van der Waals surface area contributed by atoms with Crippen LogP contribution in [0, 0.1) is 5.41 Å². The lowest BCUT2D eigenvalue weighted by Gasteiger charge is -2.30. The van der Waals surface area contributed by atoms with E-state index >= 15 is 0 Å². The zero-order valence-electron chi connectivity index (χ0n) is 6.87. The van der Waals surface area contributed by atoms with E-state index in [0.29, 0.717) is 12.4 Å². The fourth-order valence-electron chi connectivity index (χ4n) is 1.18. The van der Waals surface area contributed by atoms with E-state index in [-0.39, 0.29) is 28.5 Å². The summed E-state index contributed by atoms with van der Waals surface area (Å²) in [4.78, 5) is 4.01. The van der Waals surface area contributed by atoms with E-state index in [9.17, 15) is 5.11 Å². The van der Waals surface area contributed by atoms with Gasteiger partial charge in [0, 0.05) is 5.41 Å². The van der Waals surface area contributed by atoms with Gasteiger partial charge in [0.15, 0.2) is 0 Å². The van der Waals surface area contributed by atoms with Gasteiger partial charge >= 0.3 is 0 Å². The Labute approximate surface area is 77.5 Å². The summed E-state index contributed by atoms with van der Waals surface area (Å²) < 4.78 is 0. The average molecular weight is 223 g/mol. The highest BCUT2D eigenvalue weighted by molar-refractivity contribution is 8.93. The molecule has 66 valence electrons. The lowest BCUT2D eigenvalue weighted by Crippen LogP contribution is -2.40. The predicted octanol–water partition coefficient (Wildman–Crippen LogP) is 0.712. The standard InChI is InChI=1S/C7H14N2O.BrH/c1-7(2)3-5(10)4-9-6(7)8;/h5,10H,3-4H2,1-2H3,(H2,8,9);1H. The van der Waals surface area contributed by atoms with Gasteiger partial charge in [-0.05, 0) is 6.42 Å². The number of nitrogens with zero attached hydrogens (tertiary/aromatic N) is 1. The molecule has 3 N–H and O–H groups in total. The number of aliphatic imine (C=N–C) groups is 1. The van der Waals surface area contributed by atoms with Crippen molar-refractivity contribution in [2.24, 2.45) is 16.1 Å². The number of aliphatic hydroxyl groups excluding tert-OH is 1. The van der Waals surface area contributed by atoms with Crippen LogP contribution in [0.1, 0.15) is 20.3 Å². The number of rotatable bonds is 0. The van der Waals surface area contributed by atoms with Gasteiger partial charge in [0.25, 0.3) is 0 Å². The molecule has 0 aromatic rings. The van der Waals surface area contributed by atoms with Gasteiger partial charge in [-0.25, -0.2) is 0 Å². The van der Waals surface area contributed by atoms with Crippen molar-refractivity contribution < 1.29 is 5.11 Å². The molecule has 0 radical (unpaired) electrons. The van der Waals surface area contributed by atoms with Gasteiger partial charge in [-0.15, -0.1) is 17.0 Å². The summed E-state index contributed by atoms with van der Waals surface area (Å²) in [6.07, 6.45) is 0.421. The van der Waals surface area contributed by atoms with E-state index in [1.807, 2.05) is 13.8 Å². The van der Waals surface area contributed by atoms with Crippen molar-refractivity contribution in [3.63, 3.8) is 0 Å². The SMILES string of the molecule is Br.CC1(C)CC(O)CN=C1N. The largest absolute Gasteiger partial charge is 0.391 e. The molecule has 0 amide bonds. The molecular formula is C7H15BrN2O. The van der Waals surface area contributed by atoms with Gasteiger partial charge in [0.05, 0.1) is 18.5 Å². The number of aliphatic hydroxyl groups is 1. The van der Waals surface area contributed by atoms with Gasteiger partial charge < -0.3 is 10.8 Å². The lowest BCUT2D eigenvalue weighted by atomic mass is 9.83. The number of halogens is 1. The maximum atomic E-state index is 9.20. The van der Waals surface area contributed by atoms with Crippen molar-refractivity contribution >= 4 is 22.8 Å². The summed E-state index contributed by atoms with van der Waals surface area (Å²) >= 11 is 0. The Morgan fingerprint density at radius 2 is 2.18 bits per heavy atom. The summed E-state index contributed by atoms with van der Waals surface area (Å²) in [6.45, 7) is 4.46. The van der Waals surface area contributed by atoms with Crippen LogP contribution in [0.5, 0.6) is 0 Å². The Hall–Kier alpha value is -0.0900. The molecule has 1 aliphatic heterocycles. The fraction of sp³-hybridized carbons (Fsp3) is 0.857. The highest BCUT2D eigenvalue weighted by atomic mass is 79.9. The molecule has 0 bridgehead atoms. The van der Waals surface area contributed by atoms with Crippen molar-refractivity contribution in [2.75, 3.05) is 6.54 Å². The molecule has 1 aliphatic rings. The second-order valence-electron chi connectivity index (χ2n) is 3.47. The minimum Gasteiger partial charge on any atom is -0.391 e. The van der Waals surface area contributed by atoms with Crippen LogP contribution in [0.3, 0.4) is 0 Å². The summed E-state index contributed by atoms with van der Waals surface area (Å²) in [6, 6.07) is 0. The molecule has 0 saturated heterocycles. The summed E-state index contributed by atoms with van der Waals surface area (Å²) in [7, 11) is 0. The van der Waals surface area contributed by atoms with E-state index < -0.39 is 0 Å². The minimum absolute atomic E-state index is 0. The molecule has 1 atom stereocenters. The van der Waals surface area contributed by atoms with Crippen LogP contribution in [0.4, 0.5) is 0 Å². The van der Waals surface area contributed by atoms with Crippen LogP contribution in [0.2, 0.25) is 0 Å². The quantitative estimate of drug-likeness (QED) is 0.635. The van der Waals surface area contributed by atoms with E-state index in [2.05, 4.69) is 4.99 Å². The molecule has 1 unspecified atom stereocenters. The van der Waals surface area contributed by atoms with Gasteiger partial charge in [-0.3, -0.25) is 4.99 Å². The Bertz CT molecular complexity index is 168. The Morgan fingerprint density at radius 1 is 1.64 bits per heavy atom. The third-order valence-electron chi connectivity index (χ3n) is 1.91. The van der Waals surface area contributed by atoms with Crippen molar-refractivity contribution in [1.29, 1.82) is 0 Å². The second-order valence-corrected chi connectivity index (χ2v) is 3.47. The maximum Gasteiger partial charge on any atom is 0.0996 e. The molecular weight excluding hydrogens is 208 g/mol. The first kappa shape index (κ1) is 10.9. The predicted molar refractivity (Wildman–Crippen MR) is 51.2 cm³/mol. The number of amidine groups is 1. The Kier molecular flexibility index (Phi) is 3.51. The summed E-state index contributed by atoms with van der Waals surface area (Å²) in [5, 5.41) is 9.20. The smallest absolute Gasteiger partial charge is 0.0996 e. The molecule has 0 aromatic carbocycles.